The second kappa shape index (κ2) is 7.42. The number of carbonyl (C=O) groups is 2. The van der Waals surface area contributed by atoms with E-state index in [0.717, 1.165) is 23.1 Å². The highest BCUT2D eigenvalue weighted by molar-refractivity contribution is 6.20. The molecule has 0 spiro atoms. The summed E-state index contributed by atoms with van der Waals surface area (Å²) in [5.41, 5.74) is 0.119. The molecule has 0 radical (unpaired) electrons. The number of carbonyl (C=O) groups excluding carboxylic acids is 2. The number of Topliss-reactive ketones (excluding diaryl/α,β-unsaturated/α-hetero) is 1. The minimum absolute atomic E-state index is 0.0961. The molecule has 0 saturated heterocycles. The van der Waals surface area contributed by atoms with Crippen molar-refractivity contribution >= 4 is 28.3 Å². The molecule has 1 aliphatic rings. The SMILES string of the molecule is O=C(C1=C(O)C(=O)N(c2cc(F)ccc2F)C1c1ccncc1)c1cc2ccccc2o1. The Hall–Kier alpha value is -4.33. The maximum Gasteiger partial charge on any atom is 0.294 e. The largest absolute Gasteiger partial charge is 0.503 e. The van der Waals surface area contributed by atoms with Crippen LogP contribution in [0.5, 0.6) is 0 Å². The van der Waals surface area contributed by atoms with E-state index >= 15 is 0 Å². The first-order valence-electron chi connectivity index (χ1n) is 9.60. The number of pyridine rings is 1. The molecule has 6 nitrogen and oxygen atoms in total. The van der Waals surface area contributed by atoms with Crippen molar-refractivity contribution in [1.82, 2.24) is 4.98 Å². The first-order valence-corrected chi connectivity index (χ1v) is 9.60. The quantitative estimate of drug-likeness (QED) is 0.465. The molecular formula is C24H14F2N2O4. The Morgan fingerprint density at radius 2 is 1.78 bits per heavy atom. The first-order chi connectivity index (χ1) is 15.5. The Morgan fingerprint density at radius 1 is 1.03 bits per heavy atom. The second-order valence-corrected chi connectivity index (χ2v) is 7.19. The van der Waals surface area contributed by atoms with Gasteiger partial charge in [-0.2, -0.15) is 0 Å². The predicted molar refractivity (Wildman–Crippen MR) is 111 cm³/mol. The van der Waals surface area contributed by atoms with Gasteiger partial charge in [-0.15, -0.1) is 0 Å². The predicted octanol–water partition coefficient (Wildman–Crippen LogP) is 4.89. The number of benzene rings is 2. The lowest BCUT2D eigenvalue weighted by Crippen LogP contribution is -2.32. The first kappa shape index (κ1) is 19.6. The molecule has 158 valence electrons. The minimum atomic E-state index is -1.22. The number of fused-ring (bicyclic) bond motifs is 1. The van der Waals surface area contributed by atoms with Crippen LogP contribution in [0, 0.1) is 11.6 Å². The Bertz CT molecular complexity index is 1380. The third-order valence-corrected chi connectivity index (χ3v) is 5.29. The van der Waals surface area contributed by atoms with Gasteiger partial charge in [0.25, 0.3) is 5.91 Å². The van der Waals surface area contributed by atoms with Crippen LogP contribution in [0.4, 0.5) is 14.5 Å². The van der Waals surface area contributed by atoms with Crippen LogP contribution in [0.2, 0.25) is 0 Å². The Balaban J connectivity index is 1.69. The number of amides is 1. The fourth-order valence-electron chi connectivity index (χ4n) is 3.84. The lowest BCUT2D eigenvalue weighted by atomic mass is 9.95. The Kier molecular flexibility index (Phi) is 4.55. The van der Waals surface area contributed by atoms with E-state index in [-0.39, 0.29) is 11.3 Å². The van der Waals surface area contributed by atoms with Crippen molar-refractivity contribution in [2.45, 2.75) is 6.04 Å². The Morgan fingerprint density at radius 3 is 2.53 bits per heavy atom. The van der Waals surface area contributed by atoms with Gasteiger partial charge in [-0.25, -0.2) is 8.78 Å². The van der Waals surface area contributed by atoms with Crippen LogP contribution in [0.15, 0.2) is 88.8 Å². The summed E-state index contributed by atoms with van der Waals surface area (Å²) in [5.74, 6) is -4.39. The van der Waals surface area contributed by atoms with Crippen molar-refractivity contribution in [3.63, 3.8) is 0 Å². The zero-order valence-corrected chi connectivity index (χ0v) is 16.3. The third-order valence-electron chi connectivity index (χ3n) is 5.29. The standard InChI is InChI=1S/C24H14F2N2O4/c25-15-5-6-16(26)17(12-15)28-21(13-7-9-27-10-8-13)20(23(30)24(28)31)22(29)19-11-14-3-1-2-4-18(14)32-19/h1-12,21,30H. The molecule has 5 rings (SSSR count). The molecular weight excluding hydrogens is 418 g/mol. The summed E-state index contributed by atoms with van der Waals surface area (Å²) in [6.45, 7) is 0. The molecule has 1 N–H and O–H groups in total. The van der Waals surface area contributed by atoms with Crippen LogP contribution in [0.25, 0.3) is 11.0 Å². The smallest absolute Gasteiger partial charge is 0.294 e. The molecule has 0 bridgehead atoms. The number of hydrogen-bond acceptors (Lipinski definition) is 5. The molecule has 0 aliphatic carbocycles. The second-order valence-electron chi connectivity index (χ2n) is 7.19. The summed E-state index contributed by atoms with van der Waals surface area (Å²) in [6, 6.07) is 12.9. The molecule has 2 aromatic heterocycles. The van der Waals surface area contributed by atoms with Gasteiger partial charge in [0.05, 0.1) is 17.3 Å². The Labute approximate surface area is 180 Å². The van der Waals surface area contributed by atoms with Gasteiger partial charge in [0.2, 0.25) is 5.78 Å². The van der Waals surface area contributed by atoms with E-state index in [1.807, 2.05) is 0 Å². The zero-order chi connectivity index (χ0) is 22.4. The summed E-state index contributed by atoms with van der Waals surface area (Å²) in [4.78, 5) is 31.2. The van der Waals surface area contributed by atoms with Gasteiger partial charge in [0, 0.05) is 23.8 Å². The van der Waals surface area contributed by atoms with Crippen LogP contribution >= 0.6 is 0 Å². The average Bonchev–Trinajstić information content (AvgIpc) is 3.35. The van der Waals surface area contributed by atoms with Gasteiger partial charge in [0.15, 0.2) is 11.5 Å². The van der Waals surface area contributed by atoms with E-state index in [0.29, 0.717) is 16.5 Å². The molecule has 2 aromatic carbocycles. The normalized spacial score (nSPS) is 16.2. The third kappa shape index (κ3) is 3.04. The summed E-state index contributed by atoms with van der Waals surface area (Å²) >= 11 is 0. The average molecular weight is 432 g/mol. The van der Waals surface area contributed by atoms with Crippen LogP contribution in [0.1, 0.15) is 22.2 Å². The van der Waals surface area contributed by atoms with Crippen molar-refractivity contribution in [2.24, 2.45) is 0 Å². The van der Waals surface area contributed by atoms with Gasteiger partial charge < -0.3 is 9.52 Å². The molecule has 1 aliphatic heterocycles. The van der Waals surface area contributed by atoms with Gasteiger partial charge in [-0.3, -0.25) is 19.5 Å². The summed E-state index contributed by atoms with van der Waals surface area (Å²) in [7, 11) is 0. The highest BCUT2D eigenvalue weighted by Gasteiger charge is 2.46. The molecule has 0 saturated carbocycles. The molecule has 4 aromatic rings. The lowest BCUT2D eigenvalue weighted by molar-refractivity contribution is -0.117. The van der Waals surface area contributed by atoms with Crippen molar-refractivity contribution in [3.05, 3.63) is 107 Å². The number of nitrogens with zero attached hydrogens (tertiary/aromatic N) is 2. The van der Waals surface area contributed by atoms with Crippen LogP contribution in [-0.2, 0) is 4.79 Å². The number of hydrogen-bond donors (Lipinski definition) is 1. The molecule has 3 heterocycles. The minimum Gasteiger partial charge on any atom is -0.503 e. The number of rotatable bonds is 4. The number of halogens is 2. The number of ketones is 1. The number of para-hydroxylation sites is 1. The van der Waals surface area contributed by atoms with Crippen molar-refractivity contribution < 1.29 is 27.9 Å². The number of aromatic nitrogens is 1. The van der Waals surface area contributed by atoms with E-state index < -0.39 is 40.8 Å². The fourth-order valence-corrected chi connectivity index (χ4v) is 3.84. The number of aliphatic hydroxyl groups excluding tert-OH is 1. The van der Waals surface area contributed by atoms with Gasteiger partial charge >= 0.3 is 0 Å². The van der Waals surface area contributed by atoms with Crippen molar-refractivity contribution in [1.29, 1.82) is 0 Å². The monoisotopic (exact) mass is 432 g/mol. The van der Waals surface area contributed by atoms with Crippen LogP contribution < -0.4 is 4.90 Å². The number of furan rings is 1. The highest BCUT2D eigenvalue weighted by Crippen LogP contribution is 2.43. The van der Waals surface area contributed by atoms with E-state index in [4.69, 9.17) is 4.42 Å². The topological polar surface area (TPSA) is 83.6 Å². The maximum atomic E-state index is 14.6. The molecule has 0 fully saturated rings. The summed E-state index contributed by atoms with van der Waals surface area (Å²) in [5, 5.41) is 11.3. The summed E-state index contributed by atoms with van der Waals surface area (Å²) < 4.78 is 34.2. The van der Waals surface area contributed by atoms with E-state index in [1.54, 1.807) is 24.3 Å². The van der Waals surface area contributed by atoms with Gasteiger partial charge in [0.1, 0.15) is 17.2 Å². The molecule has 1 amide bonds. The van der Waals surface area contributed by atoms with E-state index in [2.05, 4.69) is 4.98 Å². The van der Waals surface area contributed by atoms with Gasteiger partial charge in [-0.05, 0) is 42.0 Å². The van der Waals surface area contributed by atoms with Crippen LogP contribution in [-0.4, -0.2) is 21.8 Å². The molecule has 32 heavy (non-hydrogen) atoms. The van der Waals surface area contributed by atoms with Gasteiger partial charge in [-0.1, -0.05) is 18.2 Å². The molecule has 1 unspecified atom stereocenters. The zero-order valence-electron chi connectivity index (χ0n) is 16.3. The number of aliphatic hydroxyl groups is 1. The fraction of sp³-hybridized carbons (Fsp3) is 0.0417. The van der Waals surface area contributed by atoms with Crippen molar-refractivity contribution in [3.8, 4) is 0 Å². The molecule has 1 atom stereocenters. The van der Waals surface area contributed by atoms with Crippen LogP contribution in [0.3, 0.4) is 0 Å². The highest BCUT2D eigenvalue weighted by atomic mass is 19.1. The number of anilines is 1. The van der Waals surface area contributed by atoms with E-state index in [1.165, 1.54) is 30.6 Å². The van der Waals surface area contributed by atoms with Crippen molar-refractivity contribution in [2.75, 3.05) is 4.90 Å². The lowest BCUT2D eigenvalue weighted by Gasteiger charge is -2.27. The maximum absolute atomic E-state index is 14.6. The molecule has 8 heteroatoms. The van der Waals surface area contributed by atoms with E-state index in [9.17, 15) is 23.5 Å². The summed E-state index contributed by atoms with van der Waals surface area (Å²) in [6.07, 6.45) is 2.86.